The van der Waals surface area contributed by atoms with E-state index in [4.69, 9.17) is 28.0 Å². The van der Waals surface area contributed by atoms with Gasteiger partial charge < -0.3 is 4.90 Å². The Morgan fingerprint density at radius 2 is 1.74 bits per heavy atom. The van der Waals surface area contributed by atoms with E-state index in [0.29, 0.717) is 21.7 Å². The third-order valence-corrected chi connectivity index (χ3v) is 4.96. The van der Waals surface area contributed by atoms with Gasteiger partial charge in [0.1, 0.15) is 0 Å². The van der Waals surface area contributed by atoms with Crippen LogP contribution in [0.25, 0.3) is 0 Å². The third kappa shape index (κ3) is 4.74. The standard InChI is InChI=1S/C16H22Cl2N2O2.ClH/c1-19(2)14-6-4-5-7-15(14)20(22-3)16(21)11-8-9-12(17)13(18)10-11;/h8-10,14-15H,4-7H2,1-3H3;1H/t14-,15-;/m0./s1. The number of nitrogens with zero attached hydrogens (tertiary/aromatic N) is 2. The second-order valence-corrected chi connectivity index (χ2v) is 6.64. The molecule has 0 bridgehead atoms. The van der Waals surface area contributed by atoms with Crippen LogP contribution in [0, 0.1) is 0 Å². The largest absolute Gasteiger partial charge is 0.304 e. The predicted octanol–water partition coefficient (Wildman–Crippen LogP) is 4.29. The molecule has 23 heavy (non-hydrogen) atoms. The van der Waals surface area contributed by atoms with Gasteiger partial charge in [0.25, 0.3) is 5.91 Å². The molecule has 1 saturated carbocycles. The topological polar surface area (TPSA) is 32.8 Å². The van der Waals surface area contributed by atoms with Crippen LogP contribution in [-0.4, -0.2) is 49.2 Å². The van der Waals surface area contributed by atoms with E-state index in [1.807, 2.05) is 14.1 Å². The van der Waals surface area contributed by atoms with Crippen molar-refractivity contribution in [3.63, 3.8) is 0 Å². The zero-order valence-electron chi connectivity index (χ0n) is 13.6. The van der Waals surface area contributed by atoms with Gasteiger partial charge in [-0.25, -0.2) is 5.06 Å². The summed E-state index contributed by atoms with van der Waals surface area (Å²) in [5.74, 6) is -0.181. The lowest BCUT2D eigenvalue weighted by Gasteiger charge is -2.41. The normalized spacial score (nSPS) is 21.0. The van der Waals surface area contributed by atoms with Crippen LogP contribution in [0.4, 0.5) is 0 Å². The van der Waals surface area contributed by atoms with Crippen LogP contribution in [0.1, 0.15) is 36.0 Å². The summed E-state index contributed by atoms with van der Waals surface area (Å²) in [4.78, 5) is 20.4. The number of hydrogen-bond acceptors (Lipinski definition) is 3. The lowest BCUT2D eigenvalue weighted by molar-refractivity contribution is -0.144. The first-order valence-electron chi connectivity index (χ1n) is 7.45. The second kappa shape index (κ2) is 9.09. The van der Waals surface area contributed by atoms with Crippen molar-refractivity contribution in [1.82, 2.24) is 9.96 Å². The zero-order chi connectivity index (χ0) is 16.3. The summed E-state index contributed by atoms with van der Waals surface area (Å²) in [5, 5.41) is 2.30. The minimum absolute atomic E-state index is 0. The molecule has 1 aliphatic carbocycles. The van der Waals surface area contributed by atoms with Gasteiger partial charge in [0.15, 0.2) is 0 Å². The molecule has 0 saturated heterocycles. The van der Waals surface area contributed by atoms with Gasteiger partial charge in [-0.3, -0.25) is 9.63 Å². The molecule has 1 fully saturated rings. The molecule has 0 N–H and O–H groups in total. The van der Waals surface area contributed by atoms with Gasteiger partial charge in [0, 0.05) is 11.6 Å². The fourth-order valence-corrected chi connectivity index (χ4v) is 3.39. The van der Waals surface area contributed by atoms with Crippen LogP contribution in [0.15, 0.2) is 18.2 Å². The molecule has 1 amide bonds. The highest BCUT2D eigenvalue weighted by Crippen LogP contribution is 2.29. The fraction of sp³-hybridized carbons (Fsp3) is 0.562. The Kier molecular flexibility index (Phi) is 8.11. The summed E-state index contributed by atoms with van der Waals surface area (Å²) in [7, 11) is 5.62. The van der Waals surface area contributed by atoms with E-state index >= 15 is 0 Å². The van der Waals surface area contributed by atoms with Crippen molar-refractivity contribution in [2.75, 3.05) is 21.2 Å². The minimum Gasteiger partial charge on any atom is -0.304 e. The summed E-state index contributed by atoms with van der Waals surface area (Å²) in [6.45, 7) is 0. The number of halogens is 3. The zero-order valence-corrected chi connectivity index (χ0v) is 15.9. The smallest absolute Gasteiger partial charge is 0.277 e. The van der Waals surface area contributed by atoms with Crippen molar-refractivity contribution in [3.05, 3.63) is 33.8 Å². The number of benzene rings is 1. The van der Waals surface area contributed by atoms with E-state index in [0.717, 1.165) is 19.3 Å². The van der Waals surface area contributed by atoms with E-state index < -0.39 is 0 Å². The Bertz CT molecular complexity index is 540. The summed E-state index contributed by atoms with van der Waals surface area (Å²) >= 11 is 11.9. The first-order valence-corrected chi connectivity index (χ1v) is 8.20. The van der Waals surface area contributed by atoms with E-state index in [1.165, 1.54) is 18.6 Å². The molecular weight excluding hydrogens is 359 g/mol. The number of hydrogen-bond donors (Lipinski definition) is 0. The predicted molar refractivity (Wildman–Crippen MR) is 96.6 cm³/mol. The Labute approximate surface area is 154 Å². The lowest BCUT2D eigenvalue weighted by atomic mass is 9.89. The van der Waals surface area contributed by atoms with E-state index in [2.05, 4.69) is 4.90 Å². The molecule has 0 heterocycles. The first kappa shape index (κ1) is 20.5. The summed E-state index contributed by atoms with van der Waals surface area (Å²) in [6, 6.07) is 5.23. The van der Waals surface area contributed by atoms with E-state index in [9.17, 15) is 4.79 Å². The van der Waals surface area contributed by atoms with Crippen LogP contribution in [-0.2, 0) is 4.84 Å². The molecule has 0 unspecified atom stereocenters. The van der Waals surface area contributed by atoms with E-state index in [-0.39, 0.29) is 24.4 Å². The van der Waals surface area contributed by atoms with Gasteiger partial charge in [0.05, 0.1) is 23.2 Å². The average molecular weight is 382 g/mol. The van der Waals surface area contributed by atoms with Crippen molar-refractivity contribution in [2.45, 2.75) is 37.8 Å². The van der Waals surface area contributed by atoms with Crippen LogP contribution in [0.3, 0.4) is 0 Å². The van der Waals surface area contributed by atoms with E-state index in [1.54, 1.807) is 18.2 Å². The Hall–Kier alpha value is -0.520. The molecule has 4 nitrogen and oxygen atoms in total. The van der Waals surface area contributed by atoms with Crippen molar-refractivity contribution in [3.8, 4) is 0 Å². The minimum atomic E-state index is -0.181. The highest BCUT2D eigenvalue weighted by atomic mass is 35.5. The van der Waals surface area contributed by atoms with Crippen LogP contribution < -0.4 is 0 Å². The maximum atomic E-state index is 12.8. The number of rotatable bonds is 4. The van der Waals surface area contributed by atoms with Crippen LogP contribution >= 0.6 is 35.6 Å². The highest BCUT2D eigenvalue weighted by molar-refractivity contribution is 6.42. The highest BCUT2D eigenvalue weighted by Gasteiger charge is 2.35. The van der Waals surface area contributed by atoms with Crippen molar-refractivity contribution in [2.24, 2.45) is 0 Å². The summed E-state index contributed by atoms with van der Waals surface area (Å²) < 4.78 is 0. The molecule has 0 aliphatic heterocycles. The van der Waals surface area contributed by atoms with Crippen molar-refractivity contribution in [1.29, 1.82) is 0 Å². The number of likely N-dealkylation sites (N-methyl/N-ethyl adjacent to an activating group) is 1. The number of carbonyl (C=O) groups is 1. The van der Waals surface area contributed by atoms with Gasteiger partial charge in [0.2, 0.25) is 0 Å². The molecule has 1 aromatic carbocycles. The number of amides is 1. The molecule has 2 rings (SSSR count). The maximum Gasteiger partial charge on any atom is 0.277 e. The average Bonchev–Trinajstić information content (AvgIpc) is 2.51. The van der Waals surface area contributed by atoms with Gasteiger partial charge in [-0.05, 0) is 45.1 Å². The SMILES string of the molecule is CON(C(=O)c1ccc(Cl)c(Cl)c1)[C@H]1CCCC[C@@H]1N(C)C.Cl. The maximum absolute atomic E-state index is 12.8. The molecule has 0 aromatic heterocycles. The molecule has 0 spiro atoms. The van der Waals surface area contributed by atoms with Crippen LogP contribution in [0.5, 0.6) is 0 Å². The van der Waals surface area contributed by atoms with Gasteiger partial charge in [-0.1, -0.05) is 36.0 Å². The van der Waals surface area contributed by atoms with Crippen molar-refractivity contribution < 1.29 is 9.63 Å². The van der Waals surface area contributed by atoms with Crippen molar-refractivity contribution >= 4 is 41.5 Å². The quantitative estimate of drug-likeness (QED) is 0.729. The Balaban J connectivity index is 0.00000264. The monoisotopic (exact) mass is 380 g/mol. The Morgan fingerprint density at radius 3 is 2.26 bits per heavy atom. The molecular formula is C16H23Cl3N2O2. The molecule has 1 aromatic rings. The molecule has 0 radical (unpaired) electrons. The number of hydroxylamine groups is 2. The molecule has 2 atom stereocenters. The number of carbonyl (C=O) groups excluding carboxylic acids is 1. The second-order valence-electron chi connectivity index (χ2n) is 5.83. The fourth-order valence-electron chi connectivity index (χ4n) is 3.09. The Morgan fingerprint density at radius 1 is 1.13 bits per heavy atom. The summed E-state index contributed by atoms with van der Waals surface area (Å²) in [5.41, 5.74) is 0.485. The lowest BCUT2D eigenvalue weighted by Crippen LogP contribution is -2.52. The first-order chi connectivity index (χ1) is 10.5. The van der Waals surface area contributed by atoms with Crippen LogP contribution in [0.2, 0.25) is 10.0 Å². The molecule has 1 aliphatic rings. The van der Waals surface area contributed by atoms with Gasteiger partial charge in [-0.2, -0.15) is 0 Å². The van der Waals surface area contributed by atoms with Gasteiger partial charge >= 0.3 is 0 Å². The third-order valence-electron chi connectivity index (χ3n) is 4.22. The molecule has 7 heteroatoms. The van der Waals surface area contributed by atoms with Gasteiger partial charge in [-0.15, -0.1) is 12.4 Å². The summed E-state index contributed by atoms with van der Waals surface area (Å²) in [6.07, 6.45) is 4.28. The molecule has 130 valence electrons.